The second kappa shape index (κ2) is 7.31. The van der Waals surface area contributed by atoms with E-state index in [1.807, 2.05) is 6.92 Å². The Morgan fingerprint density at radius 3 is 2.76 bits per heavy atom. The van der Waals surface area contributed by atoms with E-state index in [-0.39, 0.29) is 17.1 Å². The molecule has 3 heterocycles. The van der Waals surface area contributed by atoms with Crippen molar-refractivity contribution in [2.24, 2.45) is 7.05 Å². The van der Waals surface area contributed by atoms with Gasteiger partial charge in [0.15, 0.2) is 11.2 Å². The van der Waals surface area contributed by atoms with Gasteiger partial charge in [0, 0.05) is 20.2 Å². The highest BCUT2D eigenvalue weighted by Gasteiger charge is 2.29. The number of rotatable bonds is 6. The van der Waals surface area contributed by atoms with Gasteiger partial charge in [-0.1, -0.05) is 0 Å². The van der Waals surface area contributed by atoms with Gasteiger partial charge in [0.05, 0.1) is 13.2 Å². The maximum absolute atomic E-state index is 12.5. The van der Waals surface area contributed by atoms with E-state index in [0.29, 0.717) is 36.2 Å². The topological polar surface area (TPSA) is 74.4 Å². The molecular weight excluding hydrogens is 346 g/mol. The highest BCUT2D eigenvalue weighted by molar-refractivity contribution is 6.28. The van der Waals surface area contributed by atoms with Crippen molar-refractivity contribution in [1.82, 2.24) is 24.0 Å². The molecule has 1 aliphatic heterocycles. The lowest BCUT2D eigenvalue weighted by atomic mass is 10.1. The van der Waals surface area contributed by atoms with Gasteiger partial charge in [-0.2, -0.15) is 9.97 Å². The first-order valence-corrected chi connectivity index (χ1v) is 8.80. The van der Waals surface area contributed by atoms with E-state index < -0.39 is 0 Å². The Kier molecular flexibility index (Phi) is 5.31. The summed E-state index contributed by atoms with van der Waals surface area (Å²) in [4.78, 5) is 23.3. The molecule has 9 heteroatoms. The number of hydrogen-bond acceptors (Lipinski definition) is 6. The lowest BCUT2D eigenvalue weighted by Crippen LogP contribution is -2.38. The van der Waals surface area contributed by atoms with Crippen LogP contribution in [0.15, 0.2) is 4.79 Å². The normalized spacial score (nSPS) is 19.6. The molecule has 3 rings (SSSR count). The molecule has 138 valence electrons. The zero-order valence-electron chi connectivity index (χ0n) is 15.0. The van der Waals surface area contributed by atoms with Crippen LogP contribution in [0.5, 0.6) is 5.88 Å². The summed E-state index contributed by atoms with van der Waals surface area (Å²) in [6.07, 6.45) is 2.16. The lowest BCUT2D eigenvalue weighted by molar-refractivity contribution is 0.118. The van der Waals surface area contributed by atoms with Crippen LogP contribution in [0.1, 0.15) is 19.8 Å². The fraction of sp³-hybridized carbons (Fsp3) is 0.688. The van der Waals surface area contributed by atoms with Gasteiger partial charge in [-0.3, -0.25) is 14.0 Å². The molecule has 0 radical (unpaired) electrons. The third kappa shape index (κ3) is 3.38. The molecule has 25 heavy (non-hydrogen) atoms. The van der Waals surface area contributed by atoms with Crippen LogP contribution in [-0.2, 0) is 18.3 Å². The number of aryl methyl sites for hydroxylation is 1. The van der Waals surface area contributed by atoms with Gasteiger partial charge in [-0.15, -0.1) is 0 Å². The van der Waals surface area contributed by atoms with E-state index in [1.165, 1.54) is 9.13 Å². The molecule has 8 nitrogen and oxygen atoms in total. The van der Waals surface area contributed by atoms with Crippen molar-refractivity contribution >= 4 is 22.8 Å². The number of methoxy groups -OCH3 is 1. The number of ether oxygens (including phenoxy) is 2. The molecule has 2 aromatic heterocycles. The van der Waals surface area contributed by atoms with E-state index in [9.17, 15) is 4.79 Å². The summed E-state index contributed by atoms with van der Waals surface area (Å²) in [5, 5.41) is 0.0613. The zero-order valence-corrected chi connectivity index (χ0v) is 15.8. The molecule has 0 aliphatic carbocycles. The summed E-state index contributed by atoms with van der Waals surface area (Å²) in [7, 11) is 5.37. The fourth-order valence-corrected chi connectivity index (χ4v) is 3.65. The maximum Gasteiger partial charge on any atom is 0.330 e. The number of nitrogens with zero attached hydrogens (tertiary/aromatic N) is 5. The summed E-state index contributed by atoms with van der Waals surface area (Å²) < 4.78 is 14.3. The van der Waals surface area contributed by atoms with Gasteiger partial charge >= 0.3 is 5.69 Å². The molecule has 0 unspecified atom stereocenters. The maximum atomic E-state index is 12.5. The molecule has 0 amide bonds. The second-order valence-electron chi connectivity index (χ2n) is 6.47. The van der Waals surface area contributed by atoms with E-state index in [1.54, 1.807) is 14.2 Å². The first kappa shape index (κ1) is 18.2. The first-order valence-electron chi connectivity index (χ1n) is 8.42. The number of hydrogen-bond donors (Lipinski definition) is 0. The van der Waals surface area contributed by atoms with Crippen molar-refractivity contribution < 1.29 is 9.47 Å². The summed E-state index contributed by atoms with van der Waals surface area (Å²) in [5.41, 5.74) is 0.823. The lowest BCUT2D eigenvalue weighted by Gasteiger charge is -2.26. The molecular formula is C16H24ClN5O3. The van der Waals surface area contributed by atoms with Crippen LogP contribution in [0.25, 0.3) is 11.2 Å². The number of imidazole rings is 1. The van der Waals surface area contributed by atoms with E-state index in [0.717, 1.165) is 19.4 Å². The Morgan fingerprint density at radius 2 is 2.12 bits per heavy atom. The number of likely N-dealkylation sites (tertiary alicyclic amines) is 1. The predicted molar refractivity (Wildman–Crippen MR) is 95.4 cm³/mol. The van der Waals surface area contributed by atoms with Crippen molar-refractivity contribution in [3.63, 3.8) is 0 Å². The van der Waals surface area contributed by atoms with Gasteiger partial charge in [-0.05, 0) is 45.0 Å². The smallest absolute Gasteiger partial charge is 0.330 e. The summed E-state index contributed by atoms with van der Waals surface area (Å²) >= 11 is 6.09. The monoisotopic (exact) mass is 369 g/mol. The van der Waals surface area contributed by atoms with Crippen LogP contribution < -0.4 is 10.4 Å². The SMILES string of the molecule is COCCn1c(=O)n(C)c2c(O[C@@H](C)[C@@H]3CCCN3C)nc(Cl)nc21. The fourth-order valence-electron chi connectivity index (χ4n) is 3.50. The Morgan fingerprint density at radius 1 is 1.36 bits per heavy atom. The Hall–Kier alpha value is -1.64. The van der Waals surface area contributed by atoms with Crippen LogP contribution >= 0.6 is 11.6 Å². The molecule has 2 atom stereocenters. The number of aromatic nitrogens is 4. The van der Waals surface area contributed by atoms with Gasteiger partial charge in [0.2, 0.25) is 11.2 Å². The van der Waals surface area contributed by atoms with Crippen LogP contribution in [0, 0.1) is 0 Å². The molecule has 1 fully saturated rings. The number of likely N-dealkylation sites (N-methyl/N-ethyl adjacent to an activating group) is 1. The van der Waals surface area contributed by atoms with Crippen molar-refractivity contribution in [2.45, 2.75) is 38.5 Å². The molecule has 0 spiro atoms. The first-order chi connectivity index (χ1) is 11.9. The zero-order chi connectivity index (χ0) is 18.1. The van der Waals surface area contributed by atoms with Gasteiger partial charge in [0.25, 0.3) is 0 Å². The van der Waals surface area contributed by atoms with Crippen LogP contribution in [0.3, 0.4) is 0 Å². The van der Waals surface area contributed by atoms with Crippen molar-refractivity contribution in [3.05, 3.63) is 15.8 Å². The Labute approximate surface area is 151 Å². The predicted octanol–water partition coefficient (Wildman–Crippen LogP) is 1.29. The van der Waals surface area contributed by atoms with Gasteiger partial charge < -0.3 is 9.47 Å². The van der Waals surface area contributed by atoms with E-state index in [2.05, 4.69) is 21.9 Å². The highest BCUT2D eigenvalue weighted by Crippen LogP contribution is 2.27. The molecule has 2 aromatic rings. The molecule has 0 aromatic carbocycles. The van der Waals surface area contributed by atoms with Gasteiger partial charge in [0.1, 0.15) is 6.10 Å². The van der Waals surface area contributed by atoms with E-state index in [4.69, 9.17) is 21.1 Å². The quantitative estimate of drug-likeness (QED) is 0.714. The Bertz CT molecular complexity index is 818. The molecule has 0 saturated carbocycles. The number of halogens is 1. The third-order valence-corrected chi connectivity index (χ3v) is 5.02. The molecule has 1 saturated heterocycles. The summed E-state index contributed by atoms with van der Waals surface area (Å²) in [5.74, 6) is 0.346. The van der Waals surface area contributed by atoms with E-state index >= 15 is 0 Å². The summed E-state index contributed by atoms with van der Waals surface area (Å²) in [6, 6.07) is 0.316. The van der Waals surface area contributed by atoms with Gasteiger partial charge in [-0.25, -0.2) is 4.79 Å². The standard InChI is InChI=1S/C16H24ClN5O3/c1-10(11-6-5-7-20(11)2)25-14-12-13(18-15(17)19-14)22(8-9-24-4)16(23)21(12)3/h10-11H,5-9H2,1-4H3/t10-,11-/m0/s1. The van der Waals surface area contributed by atoms with Crippen LogP contribution in [-0.4, -0.2) is 63.5 Å². The van der Waals surface area contributed by atoms with Crippen molar-refractivity contribution in [2.75, 3.05) is 27.3 Å². The molecule has 0 bridgehead atoms. The average Bonchev–Trinajstić information content (AvgIpc) is 3.09. The average molecular weight is 370 g/mol. The van der Waals surface area contributed by atoms with Crippen molar-refractivity contribution in [3.8, 4) is 5.88 Å². The molecule has 0 N–H and O–H groups in total. The third-order valence-electron chi connectivity index (χ3n) is 4.85. The van der Waals surface area contributed by atoms with Crippen LogP contribution in [0.4, 0.5) is 0 Å². The Balaban J connectivity index is 2.02. The minimum absolute atomic E-state index is 0.0613. The second-order valence-corrected chi connectivity index (χ2v) is 6.81. The number of fused-ring (bicyclic) bond motifs is 1. The highest BCUT2D eigenvalue weighted by atomic mass is 35.5. The minimum atomic E-state index is -0.195. The van der Waals surface area contributed by atoms with Crippen molar-refractivity contribution in [1.29, 1.82) is 0 Å². The molecule has 1 aliphatic rings. The minimum Gasteiger partial charge on any atom is -0.471 e. The summed E-state index contributed by atoms with van der Waals surface area (Å²) in [6.45, 7) is 3.87. The van der Waals surface area contributed by atoms with Crippen LogP contribution in [0.2, 0.25) is 5.28 Å². The largest absolute Gasteiger partial charge is 0.471 e.